The third-order valence-corrected chi connectivity index (χ3v) is 2.44. The van der Waals surface area contributed by atoms with Gasteiger partial charge in [-0.2, -0.15) is 0 Å². The van der Waals surface area contributed by atoms with Crippen molar-refractivity contribution in [2.75, 3.05) is 19.5 Å². The number of nitrogens with one attached hydrogen (secondary N) is 1. The Morgan fingerprint density at radius 1 is 1.41 bits per heavy atom. The van der Waals surface area contributed by atoms with Crippen molar-refractivity contribution in [2.24, 2.45) is 0 Å². The van der Waals surface area contributed by atoms with Crippen LogP contribution in [0, 0.1) is 0 Å². The molecule has 0 aromatic heterocycles. The van der Waals surface area contributed by atoms with E-state index in [4.69, 9.17) is 10.5 Å². The molecule has 0 aliphatic heterocycles. The quantitative estimate of drug-likeness (QED) is 0.733. The number of nitrogens with two attached hydrogens (primary N) is 1. The predicted molar refractivity (Wildman–Crippen MR) is 68.7 cm³/mol. The van der Waals surface area contributed by atoms with Crippen molar-refractivity contribution in [1.82, 2.24) is 5.32 Å². The number of ether oxygens (including phenoxy) is 1. The van der Waals surface area contributed by atoms with Crippen LogP contribution in [0.3, 0.4) is 0 Å². The van der Waals surface area contributed by atoms with Gasteiger partial charge in [-0.05, 0) is 31.0 Å². The molecule has 0 saturated heterocycles. The van der Waals surface area contributed by atoms with Crippen LogP contribution in [-0.2, 0) is 16.0 Å². The number of rotatable bonds is 6. The molecule has 0 radical (unpaired) electrons. The second-order valence-electron chi connectivity index (χ2n) is 4.17. The molecule has 4 heteroatoms. The molecule has 1 rings (SSSR count). The van der Waals surface area contributed by atoms with E-state index < -0.39 is 0 Å². The van der Waals surface area contributed by atoms with Crippen molar-refractivity contribution in [3.05, 3.63) is 29.8 Å². The van der Waals surface area contributed by atoms with Crippen LogP contribution in [0.5, 0.6) is 0 Å². The van der Waals surface area contributed by atoms with Gasteiger partial charge < -0.3 is 15.8 Å². The Balaban J connectivity index is 2.30. The third-order valence-electron chi connectivity index (χ3n) is 2.44. The van der Waals surface area contributed by atoms with Crippen molar-refractivity contribution in [3.63, 3.8) is 0 Å². The Labute approximate surface area is 102 Å². The largest absolute Gasteiger partial charge is 0.399 e. The van der Waals surface area contributed by atoms with E-state index in [9.17, 15) is 4.79 Å². The summed E-state index contributed by atoms with van der Waals surface area (Å²) in [6.45, 7) is 2.46. The first-order chi connectivity index (χ1) is 8.11. The Morgan fingerprint density at radius 3 is 2.65 bits per heavy atom. The van der Waals surface area contributed by atoms with Crippen molar-refractivity contribution in [2.45, 2.75) is 25.8 Å². The summed E-state index contributed by atoms with van der Waals surface area (Å²) < 4.78 is 4.95. The summed E-state index contributed by atoms with van der Waals surface area (Å²) in [5.41, 5.74) is 7.45. The van der Waals surface area contributed by atoms with Crippen LogP contribution in [0.25, 0.3) is 0 Å². The fourth-order valence-electron chi connectivity index (χ4n) is 1.58. The van der Waals surface area contributed by atoms with Crippen LogP contribution in [0.15, 0.2) is 24.3 Å². The van der Waals surface area contributed by atoms with E-state index in [1.165, 1.54) is 0 Å². The highest BCUT2D eigenvalue weighted by molar-refractivity contribution is 5.76. The standard InChI is InChI=1S/C13H20N2O2/c1-10(9-17-2)15-13(16)8-5-11-3-6-12(14)7-4-11/h3-4,6-7,10H,5,8-9,14H2,1-2H3,(H,15,16). The van der Waals surface area contributed by atoms with E-state index in [1.54, 1.807) is 7.11 Å². The van der Waals surface area contributed by atoms with Gasteiger partial charge >= 0.3 is 0 Å². The molecule has 1 aromatic rings. The van der Waals surface area contributed by atoms with Crippen molar-refractivity contribution in [3.8, 4) is 0 Å². The van der Waals surface area contributed by atoms with E-state index in [0.717, 1.165) is 17.7 Å². The number of benzene rings is 1. The number of carbonyl (C=O) groups excluding carboxylic acids is 1. The van der Waals surface area contributed by atoms with Crippen LogP contribution in [0.1, 0.15) is 18.9 Å². The smallest absolute Gasteiger partial charge is 0.220 e. The maximum Gasteiger partial charge on any atom is 0.220 e. The van der Waals surface area contributed by atoms with Crippen LogP contribution in [0.4, 0.5) is 5.69 Å². The van der Waals surface area contributed by atoms with Gasteiger partial charge in [0.2, 0.25) is 5.91 Å². The molecule has 17 heavy (non-hydrogen) atoms. The third kappa shape index (κ3) is 5.36. The van der Waals surface area contributed by atoms with Crippen LogP contribution in [0.2, 0.25) is 0 Å². The highest BCUT2D eigenvalue weighted by atomic mass is 16.5. The molecule has 1 amide bonds. The van der Waals surface area contributed by atoms with Gasteiger partial charge in [-0.25, -0.2) is 0 Å². The molecule has 0 fully saturated rings. The van der Waals surface area contributed by atoms with Crippen molar-refractivity contribution in [1.29, 1.82) is 0 Å². The lowest BCUT2D eigenvalue weighted by atomic mass is 10.1. The number of nitrogen functional groups attached to an aromatic ring is 1. The number of amides is 1. The zero-order chi connectivity index (χ0) is 12.7. The summed E-state index contributed by atoms with van der Waals surface area (Å²) in [7, 11) is 1.62. The van der Waals surface area contributed by atoms with E-state index in [0.29, 0.717) is 13.0 Å². The average Bonchev–Trinajstić information content (AvgIpc) is 2.28. The van der Waals surface area contributed by atoms with E-state index >= 15 is 0 Å². The van der Waals surface area contributed by atoms with Crippen LogP contribution in [-0.4, -0.2) is 25.7 Å². The molecule has 0 heterocycles. The fraction of sp³-hybridized carbons (Fsp3) is 0.462. The number of hydrogen-bond donors (Lipinski definition) is 2. The van der Waals surface area contributed by atoms with E-state index in [2.05, 4.69) is 5.32 Å². The molecule has 94 valence electrons. The molecule has 3 N–H and O–H groups in total. The monoisotopic (exact) mass is 236 g/mol. The van der Waals surface area contributed by atoms with Gasteiger partial charge in [-0.15, -0.1) is 0 Å². The first kappa shape index (κ1) is 13.5. The Morgan fingerprint density at radius 2 is 2.06 bits per heavy atom. The maximum atomic E-state index is 11.6. The topological polar surface area (TPSA) is 64.3 Å². The molecular formula is C13H20N2O2. The summed E-state index contributed by atoms with van der Waals surface area (Å²) in [5.74, 6) is 0.0476. The summed E-state index contributed by atoms with van der Waals surface area (Å²) >= 11 is 0. The number of methoxy groups -OCH3 is 1. The highest BCUT2D eigenvalue weighted by Crippen LogP contribution is 2.07. The Hall–Kier alpha value is -1.55. The Kier molecular flexibility index (Phi) is 5.49. The average molecular weight is 236 g/mol. The molecule has 0 aliphatic rings. The van der Waals surface area contributed by atoms with Gasteiger partial charge in [-0.3, -0.25) is 4.79 Å². The molecule has 0 spiro atoms. The minimum atomic E-state index is 0.0476. The van der Waals surface area contributed by atoms with Crippen LogP contribution < -0.4 is 11.1 Å². The molecule has 1 atom stereocenters. The molecule has 0 bridgehead atoms. The second-order valence-corrected chi connectivity index (χ2v) is 4.17. The predicted octanol–water partition coefficient (Wildman–Crippen LogP) is 1.35. The second kappa shape index (κ2) is 6.91. The van der Waals surface area contributed by atoms with Gasteiger partial charge in [0.25, 0.3) is 0 Å². The van der Waals surface area contributed by atoms with Crippen molar-refractivity contribution < 1.29 is 9.53 Å². The fourth-order valence-corrected chi connectivity index (χ4v) is 1.58. The summed E-state index contributed by atoms with van der Waals surface area (Å²) in [5, 5.41) is 2.87. The van der Waals surface area contributed by atoms with E-state index in [1.807, 2.05) is 31.2 Å². The summed E-state index contributed by atoms with van der Waals surface area (Å²) in [6, 6.07) is 7.64. The molecular weight excluding hydrogens is 216 g/mol. The van der Waals surface area contributed by atoms with E-state index in [-0.39, 0.29) is 11.9 Å². The van der Waals surface area contributed by atoms with Gasteiger partial charge in [-0.1, -0.05) is 12.1 Å². The molecule has 1 unspecified atom stereocenters. The highest BCUT2D eigenvalue weighted by Gasteiger charge is 2.06. The minimum Gasteiger partial charge on any atom is -0.399 e. The molecule has 0 saturated carbocycles. The van der Waals surface area contributed by atoms with Crippen LogP contribution >= 0.6 is 0 Å². The first-order valence-corrected chi connectivity index (χ1v) is 5.74. The maximum absolute atomic E-state index is 11.6. The number of carbonyl (C=O) groups is 1. The molecule has 4 nitrogen and oxygen atoms in total. The number of hydrogen-bond acceptors (Lipinski definition) is 3. The van der Waals surface area contributed by atoms with Gasteiger partial charge in [0.05, 0.1) is 6.61 Å². The van der Waals surface area contributed by atoms with Gasteiger partial charge in [0.15, 0.2) is 0 Å². The minimum absolute atomic E-state index is 0.0476. The lowest BCUT2D eigenvalue weighted by Crippen LogP contribution is -2.35. The SMILES string of the molecule is COCC(C)NC(=O)CCc1ccc(N)cc1. The normalized spacial score (nSPS) is 12.1. The first-order valence-electron chi connectivity index (χ1n) is 5.74. The summed E-state index contributed by atoms with van der Waals surface area (Å²) in [6.07, 6.45) is 1.21. The zero-order valence-electron chi connectivity index (χ0n) is 10.4. The lowest BCUT2D eigenvalue weighted by molar-refractivity contribution is -0.122. The zero-order valence-corrected chi connectivity index (χ0v) is 10.4. The molecule has 1 aromatic carbocycles. The Bertz CT molecular complexity index is 349. The summed E-state index contributed by atoms with van der Waals surface area (Å²) in [4.78, 5) is 11.6. The van der Waals surface area contributed by atoms with Gasteiger partial charge in [0.1, 0.15) is 0 Å². The molecule has 0 aliphatic carbocycles. The number of aryl methyl sites for hydroxylation is 1. The number of anilines is 1. The van der Waals surface area contributed by atoms with Crippen molar-refractivity contribution >= 4 is 11.6 Å². The van der Waals surface area contributed by atoms with Gasteiger partial charge in [0, 0.05) is 25.3 Å². The lowest BCUT2D eigenvalue weighted by Gasteiger charge is -2.12.